The Kier molecular flexibility index (Phi) is 6.12. The summed E-state index contributed by atoms with van der Waals surface area (Å²) in [5, 5.41) is 0. The molecular weight excluding hydrogens is 388 g/mol. The standard InChI is InChI=1S/C21H28N4O5/c1-21(2)9-8-18(27)25(20(21)29)17(12-16(22)26)23-10-11-24(19(28)13-23)14-6-4-5-7-15(14)30-3/h4-7,17H,8-13H2,1-3H3,(H2,22,26). The summed E-state index contributed by atoms with van der Waals surface area (Å²) in [7, 11) is 1.54. The van der Waals surface area contributed by atoms with E-state index in [1.54, 1.807) is 35.8 Å². The monoisotopic (exact) mass is 416 g/mol. The zero-order chi connectivity index (χ0) is 22.1. The van der Waals surface area contributed by atoms with Crippen molar-refractivity contribution in [1.82, 2.24) is 9.80 Å². The van der Waals surface area contributed by atoms with Crippen molar-refractivity contribution in [3.63, 3.8) is 0 Å². The first-order valence-corrected chi connectivity index (χ1v) is 9.98. The highest BCUT2D eigenvalue weighted by molar-refractivity contribution is 6.01. The fraction of sp³-hybridized carbons (Fsp3) is 0.524. The molecule has 0 spiro atoms. The molecule has 4 amide bonds. The van der Waals surface area contributed by atoms with Crippen LogP contribution in [0.2, 0.25) is 0 Å². The van der Waals surface area contributed by atoms with Gasteiger partial charge in [-0.25, -0.2) is 0 Å². The molecule has 2 saturated heterocycles. The number of ether oxygens (including phenoxy) is 1. The van der Waals surface area contributed by atoms with Crippen molar-refractivity contribution >= 4 is 29.3 Å². The number of carbonyl (C=O) groups excluding carboxylic acids is 4. The quantitative estimate of drug-likeness (QED) is 0.684. The molecule has 0 bridgehead atoms. The zero-order valence-corrected chi connectivity index (χ0v) is 17.6. The van der Waals surface area contributed by atoms with Crippen LogP contribution >= 0.6 is 0 Å². The summed E-state index contributed by atoms with van der Waals surface area (Å²) in [6, 6.07) is 7.22. The van der Waals surface area contributed by atoms with Crippen LogP contribution in [0.3, 0.4) is 0 Å². The summed E-state index contributed by atoms with van der Waals surface area (Å²) in [6.45, 7) is 4.21. The topological polar surface area (TPSA) is 113 Å². The first-order valence-electron chi connectivity index (χ1n) is 9.98. The molecule has 30 heavy (non-hydrogen) atoms. The molecule has 2 aliphatic heterocycles. The van der Waals surface area contributed by atoms with E-state index in [-0.39, 0.29) is 37.1 Å². The number of benzene rings is 1. The lowest BCUT2D eigenvalue weighted by Crippen LogP contribution is -2.64. The molecule has 2 N–H and O–H groups in total. The third-order valence-electron chi connectivity index (χ3n) is 5.76. The molecule has 0 aromatic heterocycles. The van der Waals surface area contributed by atoms with Crippen LogP contribution in [0.4, 0.5) is 5.69 Å². The number of likely N-dealkylation sites (tertiary alicyclic amines) is 1. The summed E-state index contributed by atoms with van der Waals surface area (Å²) >= 11 is 0. The molecule has 1 aromatic rings. The van der Waals surface area contributed by atoms with E-state index < -0.39 is 17.5 Å². The molecule has 3 rings (SSSR count). The van der Waals surface area contributed by atoms with Crippen molar-refractivity contribution in [3.05, 3.63) is 24.3 Å². The first-order chi connectivity index (χ1) is 14.2. The van der Waals surface area contributed by atoms with Crippen molar-refractivity contribution in [2.75, 3.05) is 31.6 Å². The van der Waals surface area contributed by atoms with E-state index in [0.717, 1.165) is 4.90 Å². The number of para-hydroxylation sites is 2. The number of hydrogen-bond acceptors (Lipinski definition) is 6. The lowest BCUT2D eigenvalue weighted by atomic mass is 9.82. The highest BCUT2D eigenvalue weighted by atomic mass is 16.5. The van der Waals surface area contributed by atoms with Crippen LogP contribution in [-0.4, -0.2) is 66.3 Å². The second-order valence-electron chi connectivity index (χ2n) is 8.29. The van der Waals surface area contributed by atoms with Gasteiger partial charge in [0.15, 0.2) is 0 Å². The number of nitrogens with zero attached hydrogens (tertiary/aromatic N) is 3. The number of methoxy groups -OCH3 is 1. The number of piperazine rings is 1. The number of anilines is 1. The van der Waals surface area contributed by atoms with Gasteiger partial charge >= 0.3 is 0 Å². The second kappa shape index (κ2) is 8.43. The first kappa shape index (κ1) is 21.8. The third kappa shape index (κ3) is 4.16. The lowest BCUT2D eigenvalue weighted by Gasteiger charge is -2.46. The molecule has 2 heterocycles. The molecule has 0 radical (unpaired) electrons. The molecule has 0 saturated carbocycles. The summed E-state index contributed by atoms with van der Waals surface area (Å²) in [5.41, 5.74) is 5.37. The number of imide groups is 1. The third-order valence-corrected chi connectivity index (χ3v) is 5.76. The van der Waals surface area contributed by atoms with Crippen LogP contribution < -0.4 is 15.4 Å². The number of piperidine rings is 1. The minimum absolute atomic E-state index is 0.0481. The normalized spacial score (nSPS) is 21.0. The number of hydrogen-bond donors (Lipinski definition) is 1. The Morgan fingerprint density at radius 1 is 1.17 bits per heavy atom. The van der Waals surface area contributed by atoms with Crippen LogP contribution in [0.1, 0.15) is 33.1 Å². The van der Waals surface area contributed by atoms with E-state index in [1.807, 2.05) is 12.1 Å². The molecule has 0 aliphatic carbocycles. The van der Waals surface area contributed by atoms with Crippen molar-refractivity contribution in [2.24, 2.45) is 11.1 Å². The van der Waals surface area contributed by atoms with E-state index >= 15 is 0 Å². The van der Waals surface area contributed by atoms with Gasteiger partial charge in [-0.15, -0.1) is 0 Å². The molecule has 162 valence electrons. The maximum Gasteiger partial charge on any atom is 0.241 e. The lowest BCUT2D eigenvalue weighted by molar-refractivity contribution is -0.166. The molecule has 9 heteroatoms. The van der Waals surface area contributed by atoms with Crippen molar-refractivity contribution in [3.8, 4) is 5.75 Å². The zero-order valence-electron chi connectivity index (χ0n) is 17.6. The van der Waals surface area contributed by atoms with Gasteiger partial charge < -0.3 is 15.4 Å². The van der Waals surface area contributed by atoms with Crippen molar-refractivity contribution in [1.29, 1.82) is 0 Å². The minimum atomic E-state index is -0.870. The van der Waals surface area contributed by atoms with Gasteiger partial charge in [-0.2, -0.15) is 0 Å². The van der Waals surface area contributed by atoms with Crippen LogP contribution in [0.25, 0.3) is 0 Å². The Hall–Kier alpha value is -2.94. The summed E-state index contributed by atoms with van der Waals surface area (Å²) < 4.78 is 5.35. The van der Waals surface area contributed by atoms with E-state index in [9.17, 15) is 19.2 Å². The predicted molar refractivity (Wildman–Crippen MR) is 109 cm³/mol. The second-order valence-corrected chi connectivity index (χ2v) is 8.29. The van der Waals surface area contributed by atoms with Crippen molar-refractivity contribution in [2.45, 2.75) is 39.3 Å². The number of rotatable bonds is 6. The van der Waals surface area contributed by atoms with Gasteiger partial charge in [-0.1, -0.05) is 26.0 Å². The molecule has 2 aliphatic rings. The highest BCUT2D eigenvalue weighted by Gasteiger charge is 2.46. The van der Waals surface area contributed by atoms with Crippen LogP contribution in [0, 0.1) is 5.41 Å². The van der Waals surface area contributed by atoms with Crippen LogP contribution in [-0.2, 0) is 19.2 Å². The number of carbonyl (C=O) groups is 4. The van der Waals surface area contributed by atoms with Crippen molar-refractivity contribution < 1.29 is 23.9 Å². The predicted octanol–water partition coefficient (Wildman–Crippen LogP) is 0.720. The van der Waals surface area contributed by atoms with Gasteiger partial charge in [0.05, 0.1) is 25.8 Å². The smallest absolute Gasteiger partial charge is 0.241 e. The Morgan fingerprint density at radius 3 is 2.50 bits per heavy atom. The van der Waals surface area contributed by atoms with Gasteiger partial charge in [-0.05, 0) is 18.6 Å². The summed E-state index contributed by atoms with van der Waals surface area (Å²) in [5.74, 6) is -0.953. The van der Waals surface area contributed by atoms with Gasteiger partial charge in [0.2, 0.25) is 23.6 Å². The van der Waals surface area contributed by atoms with Crippen LogP contribution in [0.15, 0.2) is 24.3 Å². The Labute approximate surface area is 175 Å². The fourth-order valence-electron chi connectivity index (χ4n) is 4.00. The van der Waals surface area contributed by atoms with Gasteiger partial charge in [-0.3, -0.25) is 29.0 Å². The minimum Gasteiger partial charge on any atom is -0.495 e. The molecular formula is C21H28N4O5. The number of nitrogens with two attached hydrogens (primary N) is 1. The van der Waals surface area contributed by atoms with Gasteiger partial charge in [0, 0.05) is 24.9 Å². The molecule has 9 nitrogen and oxygen atoms in total. The number of primary amides is 1. The average molecular weight is 416 g/mol. The highest BCUT2D eigenvalue weighted by Crippen LogP contribution is 2.34. The molecule has 2 fully saturated rings. The maximum absolute atomic E-state index is 13.0. The van der Waals surface area contributed by atoms with Gasteiger partial charge in [0.25, 0.3) is 0 Å². The Balaban J connectivity index is 1.85. The SMILES string of the molecule is COc1ccccc1N1CCN(C(CC(N)=O)N2C(=O)CCC(C)(C)C2=O)CC1=O. The largest absolute Gasteiger partial charge is 0.495 e. The Morgan fingerprint density at radius 2 is 1.87 bits per heavy atom. The van der Waals surface area contributed by atoms with Crippen LogP contribution in [0.5, 0.6) is 5.75 Å². The average Bonchev–Trinajstić information content (AvgIpc) is 2.70. The van der Waals surface area contributed by atoms with E-state index in [1.165, 1.54) is 7.11 Å². The van der Waals surface area contributed by atoms with E-state index in [2.05, 4.69) is 0 Å². The fourth-order valence-corrected chi connectivity index (χ4v) is 4.00. The van der Waals surface area contributed by atoms with E-state index in [4.69, 9.17) is 10.5 Å². The van der Waals surface area contributed by atoms with Gasteiger partial charge in [0.1, 0.15) is 11.9 Å². The summed E-state index contributed by atoms with van der Waals surface area (Å²) in [4.78, 5) is 54.8. The molecule has 1 atom stereocenters. The summed E-state index contributed by atoms with van der Waals surface area (Å²) in [6.07, 6.45) is -0.422. The maximum atomic E-state index is 13.0. The molecule has 1 unspecified atom stereocenters. The number of amides is 4. The Bertz CT molecular complexity index is 869. The van der Waals surface area contributed by atoms with E-state index in [0.29, 0.717) is 30.9 Å². The molecule has 1 aromatic carbocycles.